The van der Waals surface area contributed by atoms with Gasteiger partial charge in [-0.3, -0.25) is 9.59 Å². The number of aryl methyl sites for hydroxylation is 1. The van der Waals surface area contributed by atoms with Gasteiger partial charge in [-0.15, -0.1) is 11.3 Å². The van der Waals surface area contributed by atoms with Crippen molar-refractivity contribution in [1.82, 2.24) is 20.9 Å². The number of rotatable bonds is 7. The standard InChI is InChI=1S/C20H25BrClN5O2S.2C2HF3O2/c1-10-13(3-4-17(23)26-10)9-25-19(28)11(2)27-20(29)16-6-12(8-24-16)5-14-7-15(21)18(22)30-14;2*3-2(4,5)1(6)7/h3-4,7,11-12,16,24H,5-6,8-9H2,1-2H3,(H2,23,26)(H,25,28)(H,27,29);2*(H,6,7)/t11-,12-,16+;;/m0../s1. The lowest BCUT2D eigenvalue weighted by molar-refractivity contribution is -0.193. The van der Waals surface area contributed by atoms with E-state index in [-0.39, 0.29) is 17.9 Å². The van der Waals surface area contributed by atoms with Crippen LogP contribution in [-0.4, -0.2) is 69.9 Å². The minimum absolute atomic E-state index is 0.157. The highest BCUT2D eigenvalue weighted by Crippen LogP contribution is 2.34. The number of nitrogens with zero attached hydrogens (tertiary/aromatic N) is 1. The lowest BCUT2D eigenvalue weighted by Crippen LogP contribution is -2.50. The number of aromatic nitrogens is 1. The van der Waals surface area contributed by atoms with Crippen LogP contribution in [0.3, 0.4) is 0 Å². The SMILES string of the molecule is Cc1nc(N)ccc1CNC(=O)[C@H](C)NC(=O)[C@H]1C[C@H](Cc2cc(Br)c(Cl)s2)CN1.O=C(O)C(F)(F)F.O=C(O)C(F)(F)F. The van der Waals surface area contributed by atoms with Crippen LogP contribution in [0.2, 0.25) is 4.34 Å². The lowest BCUT2D eigenvalue weighted by Gasteiger charge is -2.17. The van der Waals surface area contributed by atoms with Gasteiger partial charge >= 0.3 is 24.3 Å². The number of halogens is 8. The maximum absolute atomic E-state index is 12.6. The molecule has 0 unspecified atom stereocenters. The van der Waals surface area contributed by atoms with Crippen molar-refractivity contribution < 1.29 is 55.7 Å². The molecule has 1 aliphatic heterocycles. The molecule has 3 rings (SSSR count). The average Bonchev–Trinajstić information content (AvgIpc) is 3.48. The zero-order chi connectivity index (χ0) is 34.0. The fourth-order valence-corrected chi connectivity index (χ4v) is 5.36. The van der Waals surface area contributed by atoms with Gasteiger partial charge in [-0.25, -0.2) is 14.6 Å². The number of carbonyl (C=O) groups is 4. The Morgan fingerprint density at radius 3 is 2.16 bits per heavy atom. The Balaban J connectivity index is 0.000000574. The molecular weight excluding hydrogens is 716 g/mol. The van der Waals surface area contributed by atoms with E-state index in [1.54, 1.807) is 24.3 Å². The molecule has 3 heterocycles. The van der Waals surface area contributed by atoms with E-state index in [1.807, 2.05) is 19.1 Å². The van der Waals surface area contributed by atoms with Crippen LogP contribution in [0.5, 0.6) is 0 Å². The topological polar surface area (TPSA) is 184 Å². The molecule has 0 aliphatic carbocycles. The predicted octanol–water partition coefficient (Wildman–Crippen LogP) is 4.06. The summed E-state index contributed by atoms with van der Waals surface area (Å²) >= 11 is 11.1. The third kappa shape index (κ3) is 13.6. The van der Waals surface area contributed by atoms with Gasteiger partial charge in [0.1, 0.15) is 16.2 Å². The van der Waals surface area contributed by atoms with Gasteiger partial charge in [0.15, 0.2) is 0 Å². The summed E-state index contributed by atoms with van der Waals surface area (Å²) in [7, 11) is 0. The highest BCUT2D eigenvalue weighted by atomic mass is 79.9. The number of nitrogens with one attached hydrogen (secondary N) is 3. The monoisotopic (exact) mass is 741 g/mol. The molecule has 20 heteroatoms. The smallest absolute Gasteiger partial charge is 0.475 e. The Kier molecular flexibility index (Phi) is 14.8. The fraction of sp³-hybridized carbons (Fsp3) is 0.458. The lowest BCUT2D eigenvalue weighted by atomic mass is 10.0. The second kappa shape index (κ2) is 16.8. The van der Waals surface area contributed by atoms with Crippen molar-refractivity contribution in [3.63, 3.8) is 0 Å². The van der Waals surface area contributed by atoms with Gasteiger partial charge in [-0.05, 0) is 72.8 Å². The van der Waals surface area contributed by atoms with Crippen LogP contribution in [0.4, 0.5) is 32.2 Å². The van der Waals surface area contributed by atoms with E-state index in [9.17, 15) is 35.9 Å². The van der Waals surface area contributed by atoms with Crippen molar-refractivity contribution in [3.8, 4) is 0 Å². The minimum Gasteiger partial charge on any atom is -0.475 e. The zero-order valence-corrected chi connectivity index (χ0v) is 25.9. The maximum Gasteiger partial charge on any atom is 0.490 e. The first-order valence-corrected chi connectivity index (χ1v) is 14.2. The summed E-state index contributed by atoms with van der Waals surface area (Å²) in [5, 5.41) is 23.1. The number of amides is 2. The van der Waals surface area contributed by atoms with Gasteiger partial charge < -0.3 is 31.9 Å². The van der Waals surface area contributed by atoms with Gasteiger partial charge in [0.05, 0.1) is 6.04 Å². The molecule has 1 aliphatic rings. The van der Waals surface area contributed by atoms with Crippen molar-refractivity contribution in [2.75, 3.05) is 12.3 Å². The first-order valence-electron chi connectivity index (χ1n) is 12.2. The molecule has 0 aromatic carbocycles. The quantitative estimate of drug-likeness (QED) is 0.228. The van der Waals surface area contributed by atoms with Gasteiger partial charge in [-0.2, -0.15) is 26.3 Å². The molecule has 3 atom stereocenters. The molecular formula is C24H27BrClF6N5O6S. The number of thiophene rings is 1. The summed E-state index contributed by atoms with van der Waals surface area (Å²) in [6, 6.07) is 4.64. The van der Waals surface area contributed by atoms with E-state index in [0.29, 0.717) is 18.3 Å². The van der Waals surface area contributed by atoms with E-state index in [4.69, 9.17) is 37.1 Å². The average molecular weight is 743 g/mol. The molecule has 1 saturated heterocycles. The van der Waals surface area contributed by atoms with Crippen molar-refractivity contribution >= 4 is 68.4 Å². The van der Waals surface area contributed by atoms with E-state index in [1.165, 1.54) is 4.88 Å². The third-order valence-corrected chi connectivity index (χ3v) is 8.13. The molecule has 0 spiro atoms. The molecule has 11 nitrogen and oxygen atoms in total. The van der Waals surface area contributed by atoms with E-state index in [2.05, 4.69) is 36.9 Å². The maximum atomic E-state index is 12.6. The Bertz CT molecular complexity index is 1290. The first kappa shape index (κ1) is 38.9. The molecule has 2 amide bonds. The summed E-state index contributed by atoms with van der Waals surface area (Å²) in [6.45, 7) is 4.61. The van der Waals surface area contributed by atoms with Crippen LogP contribution >= 0.6 is 38.9 Å². The van der Waals surface area contributed by atoms with E-state index >= 15 is 0 Å². The number of alkyl halides is 6. The number of aliphatic carboxylic acids is 2. The van der Waals surface area contributed by atoms with Crippen LogP contribution in [0.1, 0.15) is 29.5 Å². The van der Waals surface area contributed by atoms with Crippen LogP contribution in [0.25, 0.3) is 0 Å². The second-order valence-corrected chi connectivity index (χ2v) is 11.7. The molecule has 7 N–H and O–H groups in total. The number of anilines is 1. The van der Waals surface area contributed by atoms with Crippen LogP contribution < -0.4 is 21.7 Å². The number of pyridine rings is 1. The summed E-state index contributed by atoms with van der Waals surface area (Å²) in [4.78, 5) is 48.1. The summed E-state index contributed by atoms with van der Waals surface area (Å²) in [5.41, 5.74) is 7.30. The number of nitrogens with two attached hydrogens (primary N) is 1. The minimum atomic E-state index is -5.08. The fourth-order valence-electron chi connectivity index (χ4n) is 3.45. The molecule has 0 radical (unpaired) electrons. The number of carbonyl (C=O) groups excluding carboxylic acids is 2. The summed E-state index contributed by atoms with van der Waals surface area (Å²) < 4.78 is 65.1. The Morgan fingerprint density at radius 1 is 1.16 bits per heavy atom. The summed E-state index contributed by atoms with van der Waals surface area (Å²) in [6.07, 6.45) is -8.57. The normalized spacial score (nSPS) is 16.9. The highest BCUT2D eigenvalue weighted by molar-refractivity contribution is 9.10. The number of hydrogen-bond acceptors (Lipinski definition) is 8. The molecule has 44 heavy (non-hydrogen) atoms. The third-order valence-electron chi connectivity index (χ3n) is 5.63. The van der Waals surface area contributed by atoms with Gasteiger partial charge in [0.2, 0.25) is 11.8 Å². The molecule has 0 bridgehead atoms. The highest BCUT2D eigenvalue weighted by Gasteiger charge is 2.39. The molecule has 2 aromatic rings. The van der Waals surface area contributed by atoms with Crippen LogP contribution in [-0.2, 0) is 32.1 Å². The van der Waals surface area contributed by atoms with Crippen molar-refractivity contribution in [2.24, 2.45) is 5.92 Å². The Morgan fingerprint density at radius 2 is 1.70 bits per heavy atom. The van der Waals surface area contributed by atoms with Crippen LogP contribution in [0, 0.1) is 12.8 Å². The molecule has 1 fully saturated rings. The van der Waals surface area contributed by atoms with Gasteiger partial charge in [0.25, 0.3) is 0 Å². The number of nitrogen functional groups attached to an aromatic ring is 1. The predicted molar refractivity (Wildman–Crippen MR) is 151 cm³/mol. The summed E-state index contributed by atoms with van der Waals surface area (Å²) in [5.74, 6) is -5.11. The number of hydrogen-bond donors (Lipinski definition) is 6. The van der Waals surface area contributed by atoms with Gasteiger partial charge in [-0.1, -0.05) is 17.7 Å². The number of carboxylic acids is 2. The zero-order valence-electron chi connectivity index (χ0n) is 22.8. The molecule has 0 saturated carbocycles. The number of carboxylic acid groups (broad SMARTS) is 2. The molecule has 246 valence electrons. The van der Waals surface area contributed by atoms with Crippen molar-refractivity contribution in [2.45, 2.75) is 57.7 Å². The van der Waals surface area contributed by atoms with E-state index < -0.39 is 30.3 Å². The largest absolute Gasteiger partial charge is 0.490 e. The Labute approximate surface area is 263 Å². The Hall–Kier alpha value is -3.16. The van der Waals surface area contributed by atoms with Crippen molar-refractivity contribution in [1.29, 1.82) is 0 Å². The van der Waals surface area contributed by atoms with E-state index in [0.717, 1.165) is 39.5 Å². The van der Waals surface area contributed by atoms with Crippen molar-refractivity contribution in [3.05, 3.63) is 43.1 Å². The first-order chi connectivity index (χ1) is 20.1. The van der Waals surface area contributed by atoms with Crippen LogP contribution in [0.15, 0.2) is 22.7 Å². The van der Waals surface area contributed by atoms with Gasteiger partial charge in [0, 0.05) is 21.6 Å². The molecule has 2 aromatic heterocycles. The second-order valence-electron chi connectivity index (χ2n) is 9.14.